The molecule has 0 aliphatic carbocycles. The number of rotatable bonds is 3. The highest BCUT2D eigenvalue weighted by Crippen LogP contribution is 2.34. The van der Waals surface area contributed by atoms with Crippen molar-refractivity contribution < 1.29 is 18.3 Å². The number of fused-ring (bicyclic) bond motifs is 1. The molecule has 1 heterocycles. The van der Waals surface area contributed by atoms with Crippen LogP contribution in [0.15, 0.2) is 52.3 Å². The Morgan fingerprint density at radius 2 is 1.81 bits per heavy atom. The summed E-state index contributed by atoms with van der Waals surface area (Å²) in [6.45, 7) is -0.0678. The molecule has 2 aromatic rings. The SMILES string of the molecule is Nc1ccc2c(c1)C=C(COc1ccc(O)cc1)S2(=O)=O. The van der Waals surface area contributed by atoms with E-state index >= 15 is 0 Å². The normalized spacial score (nSPS) is 15.3. The smallest absolute Gasteiger partial charge is 0.206 e. The van der Waals surface area contributed by atoms with Crippen molar-refractivity contribution >= 4 is 21.6 Å². The zero-order chi connectivity index (χ0) is 15.0. The first-order chi connectivity index (χ1) is 9.96. The minimum atomic E-state index is -3.51. The lowest BCUT2D eigenvalue weighted by molar-refractivity contribution is 0.358. The van der Waals surface area contributed by atoms with Gasteiger partial charge in [0.2, 0.25) is 9.84 Å². The lowest BCUT2D eigenvalue weighted by atomic mass is 10.2. The summed E-state index contributed by atoms with van der Waals surface area (Å²) in [5.74, 6) is 0.609. The molecule has 0 spiro atoms. The van der Waals surface area contributed by atoms with Crippen molar-refractivity contribution in [2.45, 2.75) is 4.90 Å². The number of phenolic OH excluding ortho intramolecular Hbond substituents is 1. The summed E-state index contributed by atoms with van der Waals surface area (Å²) in [7, 11) is -3.51. The first kappa shape index (κ1) is 13.5. The molecular weight excluding hydrogens is 290 g/mol. The van der Waals surface area contributed by atoms with Gasteiger partial charge >= 0.3 is 0 Å². The minimum Gasteiger partial charge on any atom is -0.508 e. The maximum absolute atomic E-state index is 12.3. The monoisotopic (exact) mass is 303 g/mol. The number of anilines is 1. The Labute approximate surface area is 122 Å². The molecule has 0 unspecified atom stereocenters. The summed E-state index contributed by atoms with van der Waals surface area (Å²) in [6.07, 6.45) is 1.57. The molecule has 0 radical (unpaired) electrons. The van der Waals surface area contributed by atoms with E-state index in [1.807, 2.05) is 0 Å². The van der Waals surface area contributed by atoms with Gasteiger partial charge in [-0.1, -0.05) is 0 Å². The molecular formula is C15H13NO4S. The van der Waals surface area contributed by atoms with Crippen LogP contribution in [0, 0.1) is 0 Å². The van der Waals surface area contributed by atoms with Gasteiger partial charge in [-0.15, -0.1) is 0 Å². The molecule has 6 heteroatoms. The Morgan fingerprint density at radius 1 is 1.10 bits per heavy atom. The number of nitrogens with two attached hydrogens (primary N) is 1. The van der Waals surface area contributed by atoms with E-state index in [2.05, 4.69) is 0 Å². The Bertz CT molecular complexity index is 823. The van der Waals surface area contributed by atoms with Crippen molar-refractivity contribution in [3.63, 3.8) is 0 Å². The number of phenols is 1. The van der Waals surface area contributed by atoms with Crippen LogP contribution in [0.2, 0.25) is 0 Å². The Hall–Kier alpha value is -2.47. The van der Waals surface area contributed by atoms with E-state index in [-0.39, 0.29) is 22.2 Å². The van der Waals surface area contributed by atoms with Crippen LogP contribution in [-0.2, 0) is 9.84 Å². The summed E-state index contributed by atoms with van der Waals surface area (Å²) in [6, 6.07) is 10.8. The van der Waals surface area contributed by atoms with E-state index in [0.717, 1.165) is 0 Å². The fourth-order valence-corrected chi connectivity index (χ4v) is 3.59. The van der Waals surface area contributed by atoms with E-state index in [9.17, 15) is 13.5 Å². The molecule has 21 heavy (non-hydrogen) atoms. The molecule has 3 rings (SSSR count). The average molecular weight is 303 g/mol. The van der Waals surface area contributed by atoms with Gasteiger partial charge in [-0.05, 0) is 54.1 Å². The number of hydrogen-bond donors (Lipinski definition) is 2. The predicted molar refractivity (Wildman–Crippen MR) is 79.6 cm³/mol. The molecule has 0 saturated heterocycles. The van der Waals surface area contributed by atoms with Gasteiger partial charge in [0.05, 0.1) is 9.80 Å². The van der Waals surface area contributed by atoms with Crippen molar-refractivity contribution in [3.8, 4) is 11.5 Å². The van der Waals surface area contributed by atoms with Gasteiger partial charge in [0.25, 0.3) is 0 Å². The summed E-state index contributed by atoms with van der Waals surface area (Å²) < 4.78 is 30.1. The topological polar surface area (TPSA) is 89.6 Å². The van der Waals surface area contributed by atoms with Gasteiger partial charge in [-0.25, -0.2) is 8.42 Å². The lowest BCUT2D eigenvalue weighted by Gasteiger charge is -2.07. The third-order valence-electron chi connectivity index (χ3n) is 3.20. The molecule has 108 valence electrons. The second-order valence-corrected chi connectivity index (χ2v) is 6.67. The van der Waals surface area contributed by atoms with Crippen molar-refractivity contribution in [1.29, 1.82) is 0 Å². The number of sulfone groups is 1. The van der Waals surface area contributed by atoms with Crippen LogP contribution < -0.4 is 10.5 Å². The van der Waals surface area contributed by atoms with Gasteiger partial charge in [-0.3, -0.25) is 0 Å². The third-order valence-corrected chi connectivity index (χ3v) is 5.08. The van der Waals surface area contributed by atoms with E-state index in [0.29, 0.717) is 17.0 Å². The zero-order valence-corrected chi connectivity index (χ0v) is 11.8. The number of ether oxygens (including phenoxy) is 1. The van der Waals surface area contributed by atoms with E-state index in [4.69, 9.17) is 10.5 Å². The molecule has 2 aromatic carbocycles. The summed E-state index contributed by atoms with van der Waals surface area (Å²) >= 11 is 0. The van der Waals surface area contributed by atoms with Gasteiger partial charge in [0.15, 0.2) is 0 Å². The fourth-order valence-electron chi connectivity index (χ4n) is 2.13. The van der Waals surface area contributed by atoms with Crippen LogP contribution in [0.1, 0.15) is 5.56 Å². The molecule has 5 nitrogen and oxygen atoms in total. The first-order valence-corrected chi connectivity index (χ1v) is 7.72. The highest BCUT2D eigenvalue weighted by molar-refractivity contribution is 7.95. The zero-order valence-electron chi connectivity index (χ0n) is 11.0. The summed E-state index contributed by atoms with van der Waals surface area (Å²) in [4.78, 5) is 0.442. The van der Waals surface area contributed by atoms with Crippen LogP contribution in [0.3, 0.4) is 0 Å². The number of nitrogen functional groups attached to an aromatic ring is 1. The maximum Gasteiger partial charge on any atom is 0.206 e. The molecule has 0 bridgehead atoms. The summed E-state index contributed by atoms with van der Waals surface area (Å²) in [5, 5.41) is 9.19. The molecule has 0 fully saturated rings. The second-order valence-electron chi connectivity index (χ2n) is 4.69. The predicted octanol–water partition coefficient (Wildman–Crippen LogP) is 2.18. The van der Waals surface area contributed by atoms with Crippen molar-refractivity contribution in [2.24, 2.45) is 0 Å². The molecule has 3 N–H and O–H groups in total. The summed E-state index contributed by atoms with van der Waals surface area (Å²) in [5.41, 5.74) is 6.76. The quantitative estimate of drug-likeness (QED) is 0.848. The van der Waals surface area contributed by atoms with E-state index < -0.39 is 9.84 Å². The molecule has 0 aromatic heterocycles. The Morgan fingerprint density at radius 3 is 2.52 bits per heavy atom. The first-order valence-electron chi connectivity index (χ1n) is 6.24. The van der Waals surface area contributed by atoms with Crippen molar-refractivity contribution in [2.75, 3.05) is 12.3 Å². The van der Waals surface area contributed by atoms with Crippen LogP contribution in [0.25, 0.3) is 6.08 Å². The third kappa shape index (κ3) is 2.45. The lowest BCUT2D eigenvalue weighted by Crippen LogP contribution is -2.09. The van der Waals surface area contributed by atoms with Crippen LogP contribution in [0.5, 0.6) is 11.5 Å². The van der Waals surface area contributed by atoms with Crippen LogP contribution in [-0.4, -0.2) is 20.1 Å². The van der Waals surface area contributed by atoms with Gasteiger partial charge in [0.1, 0.15) is 18.1 Å². The highest BCUT2D eigenvalue weighted by Gasteiger charge is 2.29. The Balaban J connectivity index is 1.84. The van der Waals surface area contributed by atoms with Crippen molar-refractivity contribution in [1.82, 2.24) is 0 Å². The minimum absolute atomic E-state index is 0.0678. The average Bonchev–Trinajstić information content (AvgIpc) is 2.69. The highest BCUT2D eigenvalue weighted by atomic mass is 32.2. The molecule has 1 aliphatic rings. The molecule has 0 atom stereocenters. The number of benzene rings is 2. The van der Waals surface area contributed by atoms with E-state index in [1.54, 1.807) is 30.3 Å². The molecule has 1 aliphatic heterocycles. The molecule has 0 saturated carbocycles. The van der Waals surface area contributed by atoms with Crippen LogP contribution >= 0.6 is 0 Å². The van der Waals surface area contributed by atoms with Gasteiger partial charge in [-0.2, -0.15) is 0 Å². The second kappa shape index (κ2) is 4.82. The Kier molecular flexibility index (Phi) is 3.10. The number of aromatic hydroxyl groups is 1. The van der Waals surface area contributed by atoms with Crippen molar-refractivity contribution in [3.05, 3.63) is 52.9 Å². The number of hydrogen-bond acceptors (Lipinski definition) is 5. The van der Waals surface area contributed by atoms with Gasteiger partial charge < -0.3 is 15.6 Å². The fraction of sp³-hybridized carbons (Fsp3) is 0.0667. The van der Waals surface area contributed by atoms with Gasteiger partial charge in [0, 0.05) is 5.69 Å². The molecule has 0 amide bonds. The van der Waals surface area contributed by atoms with Crippen LogP contribution in [0.4, 0.5) is 5.69 Å². The van der Waals surface area contributed by atoms with E-state index in [1.165, 1.54) is 18.2 Å². The largest absolute Gasteiger partial charge is 0.508 e. The maximum atomic E-state index is 12.3. The standard InChI is InChI=1S/C15H13NO4S/c16-11-1-6-15-10(7-11)8-14(21(15,18)19)9-20-13-4-2-12(17)3-5-13/h1-8,17H,9,16H2.